The van der Waals surface area contributed by atoms with Gasteiger partial charge in [0.15, 0.2) is 0 Å². The van der Waals surface area contributed by atoms with E-state index in [9.17, 15) is 10.1 Å². The number of carbonyl (C=O) groups excluding carboxylic acids is 1. The average Bonchev–Trinajstić information content (AvgIpc) is 3.02. The van der Waals surface area contributed by atoms with Crippen LogP contribution in [0.5, 0.6) is 0 Å². The third-order valence-corrected chi connectivity index (χ3v) is 4.38. The Morgan fingerprint density at radius 2 is 2.04 bits per heavy atom. The van der Waals surface area contributed by atoms with Crippen LogP contribution >= 0.6 is 15.9 Å². The molecule has 5 heteroatoms. The summed E-state index contributed by atoms with van der Waals surface area (Å²) >= 11 is 3.42. The quantitative estimate of drug-likeness (QED) is 0.354. The molecule has 0 amide bonds. The highest BCUT2D eigenvalue weighted by molar-refractivity contribution is 9.10. The Labute approximate surface area is 154 Å². The third kappa shape index (κ3) is 3.70. The highest BCUT2D eigenvalue weighted by atomic mass is 79.9. The Hall–Kier alpha value is -2.71. The molecule has 0 bridgehead atoms. The standard InChI is InChI=1S/C20H16BrN3O/c1-2-3-14-4-6-15(7-5-14)20(25)16(11-22)10-18-12-23-19-9-8-17(21)13-24(18)19/h4-10,12-13H,2-3H2,1H3/b16-10-. The first-order valence-corrected chi connectivity index (χ1v) is 8.79. The zero-order chi connectivity index (χ0) is 17.8. The summed E-state index contributed by atoms with van der Waals surface area (Å²) in [5.74, 6) is -0.282. The molecule has 2 heterocycles. The van der Waals surface area contributed by atoms with Gasteiger partial charge in [0, 0.05) is 16.2 Å². The highest BCUT2D eigenvalue weighted by Crippen LogP contribution is 2.18. The minimum atomic E-state index is -0.282. The summed E-state index contributed by atoms with van der Waals surface area (Å²) in [4.78, 5) is 16.9. The van der Waals surface area contributed by atoms with Crippen molar-refractivity contribution in [3.05, 3.63) is 75.7 Å². The number of carbonyl (C=O) groups is 1. The van der Waals surface area contributed by atoms with E-state index in [0.717, 1.165) is 23.0 Å². The third-order valence-electron chi connectivity index (χ3n) is 3.91. The Morgan fingerprint density at radius 3 is 2.72 bits per heavy atom. The summed E-state index contributed by atoms with van der Waals surface area (Å²) < 4.78 is 2.72. The summed E-state index contributed by atoms with van der Waals surface area (Å²) in [6, 6.07) is 13.2. The normalized spacial score (nSPS) is 11.5. The van der Waals surface area contributed by atoms with Crippen molar-refractivity contribution in [2.24, 2.45) is 0 Å². The van der Waals surface area contributed by atoms with Crippen LogP contribution in [-0.4, -0.2) is 15.2 Å². The number of imidazole rings is 1. The number of nitrogens with zero attached hydrogens (tertiary/aromatic N) is 3. The maximum absolute atomic E-state index is 12.6. The monoisotopic (exact) mass is 393 g/mol. The van der Waals surface area contributed by atoms with Crippen molar-refractivity contribution < 1.29 is 4.79 Å². The molecule has 0 spiro atoms. The van der Waals surface area contributed by atoms with Gasteiger partial charge in [-0.1, -0.05) is 37.6 Å². The van der Waals surface area contributed by atoms with Gasteiger partial charge in [-0.3, -0.25) is 9.20 Å². The molecule has 1 aromatic carbocycles. The van der Waals surface area contributed by atoms with Crippen molar-refractivity contribution >= 4 is 33.4 Å². The summed E-state index contributed by atoms with van der Waals surface area (Å²) in [6.07, 6.45) is 7.12. The molecule has 25 heavy (non-hydrogen) atoms. The van der Waals surface area contributed by atoms with Gasteiger partial charge < -0.3 is 0 Å². The lowest BCUT2D eigenvalue weighted by molar-refractivity contribution is 0.104. The maximum Gasteiger partial charge on any atom is 0.203 e. The largest absolute Gasteiger partial charge is 0.299 e. The SMILES string of the molecule is CCCc1ccc(C(=O)/C(C#N)=C\c2cnc3ccc(Br)cn23)cc1. The highest BCUT2D eigenvalue weighted by Gasteiger charge is 2.13. The molecule has 0 saturated carbocycles. The van der Waals surface area contributed by atoms with E-state index in [-0.39, 0.29) is 11.4 Å². The summed E-state index contributed by atoms with van der Waals surface area (Å²) in [7, 11) is 0. The molecule has 4 nitrogen and oxygen atoms in total. The van der Waals surface area contributed by atoms with Crippen LogP contribution in [0.4, 0.5) is 0 Å². The first-order chi connectivity index (χ1) is 12.1. The van der Waals surface area contributed by atoms with Gasteiger partial charge >= 0.3 is 0 Å². The minimum Gasteiger partial charge on any atom is -0.299 e. The predicted octanol–water partition coefficient (Wildman–Crippen LogP) is 4.84. The van der Waals surface area contributed by atoms with Crippen LogP contribution in [0.2, 0.25) is 0 Å². The molecule has 0 unspecified atom stereocenters. The molecule has 0 aliphatic rings. The second-order valence-electron chi connectivity index (χ2n) is 5.70. The number of hydrogen-bond donors (Lipinski definition) is 0. The first-order valence-electron chi connectivity index (χ1n) is 8.00. The number of ketones is 1. The molecular formula is C20H16BrN3O. The van der Waals surface area contributed by atoms with Crippen molar-refractivity contribution in [3.63, 3.8) is 0 Å². The lowest BCUT2D eigenvalue weighted by atomic mass is 10.0. The fourth-order valence-electron chi connectivity index (χ4n) is 2.64. The molecule has 124 valence electrons. The molecule has 3 aromatic rings. The molecule has 0 atom stereocenters. The van der Waals surface area contributed by atoms with E-state index >= 15 is 0 Å². The molecule has 0 N–H and O–H groups in total. The molecule has 3 rings (SSSR count). The number of aromatic nitrogens is 2. The minimum absolute atomic E-state index is 0.0880. The molecule has 2 aromatic heterocycles. The van der Waals surface area contributed by atoms with Crippen molar-refractivity contribution in [1.29, 1.82) is 5.26 Å². The number of pyridine rings is 1. The number of Topliss-reactive ketones (excluding diaryl/α,β-unsaturated/α-hetero) is 1. The van der Waals surface area contributed by atoms with Crippen LogP contribution in [0.25, 0.3) is 11.7 Å². The van der Waals surface area contributed by atoms with Crippen molar-refractivity contribution in [3.8, 4) is 6.07 Å². The number of halogens is 1. The smallest absolute Gasteiger partial charge is 0.203 e. The van der Waals surface area contributed by atoms with Gasteiger partial charge in [0.1, 0.15) is 17.3 Å². The second kappa shape index (κ2) is 7.45. The number of rotatable bonds is 5. The van der Waals surface area contributed by atoms with Gasteiger partial charge in [-0.15, -0.1) is 0 Å². The predicted molar refractivity (Wildman–Crippen MR) is 101 cm³/mol. The zero-order valence-electron chi connectivity index (χ0n) is 13.7. The summed E-state index contributed by atoms with van der Waals surface area (Å²) in [5.41, 5.74) is 3.23. The van der Waals surface area contributed by atoms with Gasteiger partial charge in [0.2, 0.25) is 5.78 Å². The molecule has 0 saturated heterocycles. The molecule has 0 aliphatic heterocycles. The van der Waals surface area contributed by atoms with Gasteiger partial charge in [-0.25, -0.2) is 4.98 Å². The number of allylic oxidation sites excluding steroid dienone is 1. The van der Waals surface area contributed by atoms with Gasteiger partial charge in [0.05, 0.1) is 11.9 Å². The number of nitriles is 1. The molecule has 0 fully saturated rings. The van der Waals surface area contributed by atoms with Crippen LogP contribution in [-0.2, 0) is 6.42 Å². The Bertz CT molecular complexity index is 994. The topological polar surface area (TPSA) is 58.2 Å². The van der Waals surface area contributed by atoms with Gasteiger partial charge in [0.25, 0.3) is 0 Å². The van der Waals surface area contributed by atoms with E-state index in [0.29, 0.717) is 11.3 Å². The molecule has 0 radical (unpaired) electrons. The van der Waals surface area contributed by atoms with Crippen molar-refractivity contribution in [2.45, 2.75) is 19.8 Å². The second-order valence-corrected chi connectivity index (χ2v) is 6.62. The van der Waals surface area contributed by atoms with Crippen LogP contribution in [0.1, 0.15) is 35.0 Å². The fourth-order valence-corrected chi connectivity index (χ4v) is 2.98. The van der Waals surface area contributed by atoms with E-state index in [4.69, 9.17) is 0 Å². The molecule has 0 aliphatic carbocycles. The Balaban J connectivity index is 1.95. The number of hydrogen-bond acceptors (Lipinski definition) is 3. The van der Waals surface area contributed by atoms with E-state index < -0.39 is 0 Å². The van der Waals surface area contributed by atoms with E-state index in [2.05, 4.69) is 27.8 Å². The van der Waals surface area contributed by atoms with Crippen LogP contribution in [0, 0.1) is 11.3 Å². The van der Waals surface area contributed by atoms with Crippen molar-refractivity contribution in [1.82, 2.24) is 9.38 Å². The van der Waals surface area contributed by atoms with Crippen LogP contribution < -0.4 is 0 Å². The number of benzene rings is 1. The van der Waals surface area contributed by atoms with E-state index in [1.165, 1.54) is 5.56 Å². The average molecular weight is 394 g/mol. The first kappa shape index (κ1) is 17.1. The number of aryl methyl sites for hydroxylation is 1. The van der Waals surface area contributed by atoms with Crippen LogP contribution in [0.3, 0.4) is 0 Å². The van der Waals surface area contributed by atoms with E-state index in [1.807, 2.05) is 40.9 Å². The fraction of sp³-hybridized carbons (Fsp3) is 0.150. The van der Waals surface area contributed by atoms with Crippen LogP contribution in [0.15, 0.2) is 58.8 Å². The molecular weight excluding hydrogens is 378 g/mol. The van der Waals surface area contributed by atoms with Gasteiger partial charge in [-0.2, -0.15) is 5.26 Å². The lowest BCUT2D eigenvalue weighted by Crippen LogP contribution is -2.02. The lowest BCUT2D eigenvalue weighted by Gasteiger charge is -2.03. The Morgan fingerprint density at radius 1 is 1.28 bits per heavy atom. The number of fused-ring (bicyclic) bond motifs is 1. The van der Waals surface area contributed by atoms with Gasteiger partial charge in [-0.05, 0) is 46.1 Å². The summed E-state index contributed by atoms with van der Waals surface area (Å²) in [5, 5.41) is 9.44. The maximum atomic E-state index is 12.6. The zero-order valence-corrected chi connectivity index (χ0v) is 15.3. The van der Waals surface area contributed by atoms with E-state index in [1.54, 1.807) is 24.4 Å². The van der Waals surface area contributed by atoms with Crippen molar-refractivity contribution in [2.75, 3.05) is 0 Å². The Kier molecular flexibility index (Phi) is 5.11. The summed E-state index contributed by atoms with van der Waals surface area (Å²) in [6.45, 7) is 2.11.